The first-order chi connectivity index (χ1) is 10.7. The second-order valence-electron chi connectivity index (χ2n) is 4.35. The molecule has 1 N–H and O–H groups in total. The molecule has 23 heavy (non-hydrogen) atoms. The van der Waals surface area contributed by atoms with E-state index in [9.17, 15) is 22.9 Å². The van der Waals surface area contributed by atoms with Gasteiger partial charge in [-0.25, -0.2) is 9.97 Å². The topological polar surface area (TPSA) is 84.3 Å². The molecule has 0 aliphatic rings. The van der Waals surface area contributed by atoms with E-state index < -0.39 is 28.7 Å². The van der Waals surface area contributed by atoms with Crippen LogP contribution in [0.4, 0.5) is 19.0 Å². The molecule has 0 saturated heterocycles. The summed E-state index contributed by atoms with van der Waals surface area (Å²) in [6.07, 6.45) is -2.66. The third-order valence-electron chi connectivity index (χ3n) is 2.67. The van der Waals surface area contributed by atoms with E-state index >= 15 is 0 Å². The second kappa shape index (κ2) is 6.59. The lowest BCUT2D eigenvalue weighted by atomic mass is 10.2. The summed E-state index contributed by atoms with van der Waals surface area (Å²) in [7, 11) is 0. The number of carbonyl (C=O) groups excluding carboxylic acids is 1. The number of rotatable bonds is 4. The van der Waals surface area contributed by atoms with Crippen LogP contribution in [0.2, 0.25) is 5.02 Å². The molecule has 11 heteroatoms. The van der Waals surface area contributed by atoms with Crippen molar-refractivity contribution in [2.24, 2.45) is 5.18 Å². The van der Waals surface area contributed by atoms with Crippen molar-refractivity contribution in [3.63, 3.8) is 0 Å². The average molecular weight is 365 g/mol. The summed E-state index contributed by atoms with van der Waals surface area (Å²) >= 11 is 6.36. The first kappa shape index (κ1) is 17.3. The van der Waals surface area contributed by atoms with Crippen LogP contribution in [0.3, 0.4) is 0 Å². The Labute approximate surface area is 136 Å². The molecule has 0 aliphatic heterocycles. The Balaban J connectivity index is 2.20. The van der Waals surface area contributed by atoms with Gasteiger partial charge in [-0.3, -0.25) is 4.79 Å². The minimum absolute atomic E-state index is 0.112. The smallest absolute Gasteiger partial charge is 0.306 e. The van der Waals surface area contributed by atoms with Crippen molar-refractivity contribution in [3.05, 3.63) is 43.8 Å². The molecule has 0 saturated carbocycles. The minimum Gasteiger partial charge on any atom is -0.306 e. The number of anilines is 1. The molecule has 2 aromatic heterocycles. The highest BCUT2D eigenvalue weighted by molar-refractivity contribution is 7.13. The molecular formula is C12H8ClF3N4O2S. The molecule has 1 atom stereocenters. The van der Waals surface area contributed by atoms with Crippen LogP contribution >= 0.6 is 22.9 Å². The number of hydrogen-bond donors (Lipinski definition) is 1. The number of aromatic nitrogens is 2. The number of thiazole rings is 1. The van der Waals surface area contributed by atoms with E-state index in [1.54, 1.807) is 0 Å². The molecule has 0 fully saturated rings. The summed E-state index contributed by atoms with van der Waals surface area (Å²) in [6.45, 7) is 1.50. The number of nitroso groups, excluding NO2 is 1. The maximum Gasteiger partial charge on any atom is 0.418 e. The molecule has 0 spiro atoms. The third-order valence-corrected chi connectivity index (χ3v) is 4.13. The van der Waals surface area contributed by atoms with Gasteiger partial charge in [0.2, 0.25) is 0 Å². The molecule has 0 aromatic carbocycles. The Morgan fingerprint density at radius 1 is 1.39 bits per heavy atom. The standard InChI is InChI=1S/C12H8ClF3N4O2S/c1-5(20-22)11-18-4-8(23-11)10(21)19-9-2-6(12(14,15)16)7(13)3-17-9/h2-5H,1H3,(H,17,19,21). The Hall–Kier alpha value is -2.07. The first-order valence-corrected chi connectivity index (χ1v) is 7.24. The van der Waals surface area contributed by atoms with E-state index in [2.05, 4.69) is 20.5 Å². The number of hydrogen-bond acceptors (Lipinski definition) is 6. The summed E-state index contributed by atoms with van der Waals surface area (Å²) in [5.74, 6) is -1.00. The maximum atomic E-state index is 12.7. The number of nitrogens with one attached hydrogen (secondary N) is 1. The van der Waals surface area contributed by atoms with Gasteiger partial charge in [0.15, 0.2) is 0 Å². The lowest BCUT2D eigenvalue weighted by molar-refractivity contribution is -0.137. The van der Waals surface area contributed by atoms with Gasteiger partial charge in [0, 0.05) is 6.20 Å². The fraction of sp³-hybridized carbons (Fsp3) is 0.250. The number of pyridine rings is 1. The fourth-order valence-electron chi connectivity index (χ4n) is 1.53. The molecule has 122 valence electrons. The highest BCUT2D eigenvalue weighted by Gasteiger charge is 2.34. The van der Waals surface area contributed by atoms with E-state index in [4.69, 9.17) is 11.6 Å². The third kappa shape index (κ3) is 4.02. The van der Waals surface area contributed by atoms with Gasteiger partial charge in [-0.05, 0) is 13.0 Å². The van der Waals surface area contributed by atoms with Crippen molar-refractivity contribution >= 4 is 34.7 Å². The Bertz CT molecular complexity index is 750. The lowest BCUT2D eigenvalue weighted by Gasteiger charge is -2.10. The quantitative estimate of drug-likeness (QED) is 0.820. The molecule has 2 rings (SSSR count). The molecule has 2 heterocycles. The van der Waals surface area contributed by atoms with Gasteiger partial charge in [-0.15, -0.1) is 11.3 Å². The lowest BCUT2D eigenvalue weighted by Crippen LogP contribution is -2.13. The number of halogens is 4. The van der Waals surface area contributed by atoms with Crippen molar-refractivity contribution in [2.45, 2.75) is 19.1 Å². The summed E-state index contributed by atoms with van der Waals surface area (Å²) < 4.78 is 38.2. The molecule has 1 amide bonds. The van der Waals surface area contributed by atoms with Crippen LogP contribution in [-0.4, -0.2) is 15.9 Å². The number of nitrogens with zero attached hydrogens (tertiary/aromatic N) is 3. The van der Waals surface area contributed by atoms with Crippen LogP contribution in [-0.2, 0) is 6.18 Å². The van der Waals surface area contributed by atoms with E-state index in [0.29, 0.717) is 11.1 Å². The van der Waals surface area contributed by atoms with Crippen molar-refractivity contribution in [1.29, 1.82) is 0 Å². The Morgan fingerprint density at radius 2 is 2.09 bits per heavy atom. The minimum atomic E-state index is -4.66. The first-order valence-electron chi connectivity index (χ1n) is 6.04. The molecule has 6 nitrogen and oxygen atoms in total. The molecule has 2 aromatic rings. The largest absolute Gasteiger partial charge is 0.418 e. The zero-order valence-corrected chi connectivity index (χ0v) is 13.0. The van der Waals surface area contributed by atoms with E-state index in [1.807, 2.05) is 0 Å². The van der Waals surface area contributed by atoms with Crippen molar-refractivity contribution in [2.75, 3.05) is 5.32 Å². The van der Waals surface area contributed by atoms with Crippen LogP contribution in [0.15, 0.2) is 23.6 Å². The Kier molecular flexibility index (Phi) is 4.95. The zero-order chi connectivity index (χ0) is 17.2. The number of carbonyl (C=O) groups is 1. The normalized spacial score (nSPS) is 12.7. The summed E-state index contributed by atoms with van der Waals surface area (Å²) in [5.41, 5.74) is -1.10. The number of amides is 1. The van der Waals surface area contributed by atoms with Crippen LogP contribution < -0.4 is 5.32 Å². The van der Waals surface area contributed by atoms with Gasteiger partial charge in [-0.2, -0.15) is 18.1 Å². The second-order valence-corrected chi connectivity index (χ2v) is 5.81. The highest BCUT2D eigenvalue weighted by atomic mass is 35.5. The van der Waals surface area contributed by atoms with E-state index in [-0.39, 0.29) is 10.7 Å². The van der Waals surface area contributed by atoms with Crippen LogP contribution in [0.1, 0.15) is 33.2 Å². The zero-order valence-electron chi connectivity index (χ0n) is 11.4. The molecule has 0 bridgehead atoms. The highest BCUT2D eigenvalue weighted by Crippen LogP contribution is 2.35. The fourth-order valence-corrected chi connectivity index (χ4v) is 2.54. The summed E-state index contributed by atoms with van der Waals surface area (Å²) in [4.78, 5) is 30.0. The number of alkyl halides is 3. The summed E-state index contributed by atoms with van der Waals surface area (Å²) in [6, 6.07) is -0.0790. The van der Waals surface area contributed by atoms with E-state index in [0.717, 1.165) is 17.5 Å². The molecule has 0 aliphatic carbocycles. The molecular weight excluding hydrogens is 357 g/mol. The van der Waals surface area contributed by atoms with Crippen LogP contribution in [0, 0.1) is 4.91 Å². The van der Waals surface area contributed by atoms with Crippen molar-refractivity contribution in [1.82, 2.24) is 9.97 Å². The molecule has 1 unspecified atom stereocenters. The van der Waals surface area contributed by atoms with Gasteiger partial charge in [0.05, 0.1) is 16.8 Å². The maximum absolute atomic E-state index is 12.7. The van der Waals surface area contributed by atoms with Gasteiger partial charge in [0.25, 0.3) is 5.91 Å². The van der Waals surface area contributed by atoms with Gasteiger partial charge >= 0.3 is 6.18 Å². The van der Waals surface area contributed by atoms with Crippen molar-refractivity contribution < 1.29 is 18.0 Å². The molecule has 0 radical (unpaired) electrons. The van der Waals surface area contributed by atoms with Gasteiger partial charge in [-0.1, -0.05) is 16.8 Å². The summed E-state index contributed by atoms with van der Waals surface area (Å²) in [5, 5.41) is 4.76. The predicted molar refractivity (Wildman–Crippen MR) is 78.5 cm³/mol. The van der Waals surface area contributed by atoms with Gasteiger partial charge in [0.1, 0.15) is 21.7 Å². The predicted octanol–water partition coefficient (Wildman–Crippen LogP) is 4.29. The SMILES string of the molecule is CC(N=O)c1ncc(C(=O)Nc2cc(C(F)(F)F)c(Cl)cn2)s1. The van der Waals surface area contributed by atoms with E-state index in [1.165, 1.54) is 13.1 Å². The average Bonchev–Trinajstić information content (AvgIpc) is 2.97. The van der Waals surface area contributed by atoms with Crippen LogP contribution in [0.25, 0.3) is 0 Å². The monoisotopic (exact) mass is 364 g/mol. The van der Waals surface area contributed by atoms with Gasteiger partial charge < -0.3 is 5.32 Å². The van der Waals surface area contributed by atoms with Crippen LogP contribution in [0.5, 0.6) is 0 Å². The van der Waals surface area contributed by atoms with Crippen molar-refractivity contribution in [3.8, 4) is 0 Å². The Morgan fingerprint density at radius 3 is 2.70 bits per heavy atom.